The lowest BCUT2D eigenvalue weighted by atomic mass is 10.2. The Morgan fingerprint density at radius 1 is 1.64 bits per heavy atom. The van der Waals surface area contributed by atoms with Gasteiger partial charge >= 0.3 is 0 Å². The maximum atomic E-state index is 10.5. The van der Waals surface area contributed by atoms with Gasteiger partial charge in [-0.1, -0.05) is 0 Å². The van der Waals surface area contributed by atoms with Gasteiger partial charge in [-0.3, -0.25) is 14.9 Å². The molecule has 0 unspecified atom stereocenters. The zero-order valence-electron chi connectivity index (χ0n) is 7.68. The van der Waals surface area contributed by atoms with Crippen LogP contribution in [0.2, 0.25) is 0 Å². The standard InChI is InChI=1S/C8H8N2O4/c1-5-3-7(10(12)13)6(4-11)9-8(5)14-2/h3-4H,1-2H3. The molecule has 0 bridgehead atoms. The van der Waals surface area contributed by atoms with Crippen LogP contribution in [0.25, 0.3) is 0 Å². The highest BCUT2D eigenvalue weighted by atomic mass is 16.6. The second-order valence-corrected chi connectivity index (χ2v) is 2.59. The minimum atomic E-state index is -0.650. The Morgan fingerprint density at radius 3 is 2.71 bits per heavy atom. The molecule has 0 atom stereocenters. The Kier molecular flexibility index (Phi) is 2.76. The second kappa shape index (κ2) is 3.82. The Hall–Kier alpha value is -1.98. The fourth-order valence-electron chi connectivity index (χ4n) is 1.04. The number of ether oxygens (including phenoxy) is 1. The highest BCUT2D eigenvalue weighted by Crippen LogP contribution is 2.22. The number of aryl methyl sites for hydroxylation is 1. The largest absolute Gasteiger partial charge is 0.481 e. The van der Waals surface area contributed by atoms with Gasteiger partial charge in [0.1, 0.15) is 0 Å². The molecule has 0 amide bonds. The first kappa shape index (κ1) is 10.1. The highest BCUT2D eigenvalue weighted by molar-refractivity contribution is 5.79. The van der Waals surface area contributed by atoms with E-state index in [1.54, 1.807) is 6.92 Å². The molecule has 1 heterocycles. The van der Waals surface area contributed by atoms with Crippen LogP contribution in [0.3, 0.4) is 0 Å². The van der Waals surface area contributed by atoms with E-state index >= 15 is 0 Å². The Bertz CT molecular complexity index is 389. The van der Waals surface area contributed by atoms with Crippen molar-refractivity contribution in [2.45, 2.75) is 6.92 Å². The van der Waals surface area contributed by atoms with Crippen molar-refractivity contribution in [2.24, 2.45) is 0 Å². The number of methoxy groups -OCH3 is 1. The lowest BCUT2D eigenvalue weighted by molar-refractivity contribution is -0.385. The molecule has 1 aromatic rings. The third kappa shape index (κ3) is 1.68. The zero-order chi connectivity index (χ0) is 10.7. The van der Waals surface area contributed by atoms with E-state index in [0.717, 1.165) is 0 Å². The molecule has 0 radical (unpaired) electrons. The van der Waals surface area contributed by atoms with Crippen LogP contribution in [0.4, 0.5) is 5.69 Å². The predicted molar refractivity (Wildman–Crippen MR) is 47.6 cm³/mol. The van der Waals surface area contributed by atoms with Crippen LogP contribution < -0.4 is 4.74 Å². The van der Waals surface area contributed by atoms with Crippen LogP contribution in [0.1, 0.15) is 16.1 Å². The van der Waals surface area contributed by atoms with Crippen molar-refractivity contribution in [3.63, 3.8) is 0 Å². The quantitative estimate of drug-likeness (QED) is 0.411. The molecule has 0 fully saturated rings. The van der Waals surface area contributed by atoms with E-state index in [9.17, 15) is 14.9 Å². The van der Waals surface area contributed by atoms with Gasteiger partial charge in [-0.25, -0.2) is 4.98 Å². The monoisotopic (exact) mass is 196 g/mol. The number of carbonyl (C=O) groups is 1. The molecular formula is C8H8N2O4. The van der Waals surface area contributed by atoms with E-state index in [4.69, 9.17) is 4.74 Å². The van der Waals surface area contributed by atoms with Gasteiger partial charge in [0.05, 0.1) is 12.0 Å². The molecule has 0 saturated heterocycles. The fourth-order valence-corrected chi connectivity index (χ4v) is 1.04. The lowest BCUT2D eigenvalue weighted by Gasteiger charge is -2.03. The average Bonchev–Trinajstić information content (AvgIpc) is 2.17. The molecular weight excluding hydrogens is 188 g/mol. The van der Waals surface area contributed by atoms with Gasteiger partial charge in [0.15, 0.2) is 12.0 Å². The van der Waals surface area contributed by atoms with Crippen LogP contribution >= 0.6 is 0 Å². The van der Waals surface area contributed by atoms with Gasteiger partial charge < -0.3 is 4.74 Å². The fraction of sp³-hybridized carbons (Fsp3) is 0.250. The first-order valence-corrected chi connectivity index (χ1v) is 3.75. The number of nitro groups is 1. The summed E-state index contributed by atoms with van der Waals surface area (Å²) in [5, 5.41) is 10.5. The number of hydrogen-bond acceptors (Lipinski definition) is 5. The predicted octanol–water partition coefficient (Wildman–Crippen LogP) is 1.12. The van der Waals surface area contributed by atoms with E-state index in [2.05, 4.69) is 4.98 Å². The highest BCUT2D eigenvalue weighted by Gasteiger charge is 2.17. The first-order valence-electron chi connectivity index (χ1n) is 3.75. The van der Waals surface area contributed by atoms with E-state index < -0.39 is 4.92 Å². The van der Waals surface area contributed by atoms with E-state index in [1.807, 2.05) is 0 Å². The van der Waals surface area contributed by atoms with Crippen LogP contribution in [0, 0.1) is 17.0 Å². The second-order valence-electron chi connectivity index (χ2n) is 2.59. The first-order chi connectivity index (χ1) is 6.60. The summed E-state index contributed by atoms with van der Waals surface area (Å²) in [6, 6.07) is 1.26. The van der Waals surface area contributed by atoms with E-state index in [1.165, 1.54) is 13.2 Å². The van der Waals surface area contributed by atoms with Gasteiger partial charge in [-0.2, -0.15) is 0 Å². The number of carbonyl (C=O) groups excluding carboxylic acids is 1. The molecule has 0 aliphatic rings. The van der Waals surface area contributed by atoms with Gasteiger partial charge in [-0.05, 0) is 6.92 Å². The molecule has 74 valence electrons. The summed E-state index contributed by atoms with van der Waals surface area (Å²) >= 11 is 0. The summed E-state index contributed by atoms with van der Waals surface area (Å²) in [5.41, 5.74) is -0.0134. The smallest absolute Gasteiger partial charge is 0.298 e. The molecule has 1 aromatic heterocycles. The van der Waals surface area contributed by atoms with Crippen LogP contribution in [0.5, 0.6) is 5.88 Å². The molecule has 0 aromatic carbocycles. The van der Waals surface area contributed by atoms with Crippen LogP contribution in [0.15, 0.2) is 6.07 Å². The number of hydrogen-bond donors (Lipinski definition) is 0. The normalized spacial score (nSPS) is 9.57. The SMILES string of the molecule is COc1nc(C=O)c([N+](=O)[O-])cc1C. The van der Waals surface area contributed by atoms with Gasteiger partial charge in [-0.15, -0.1) is 0 Å². The van der Waals surface area contributed by atoms with Crippen molar-refractivity contribution in [3.8, 4) is 5.88 Å². The molecule has 1 rings (SSSR count). The maximum Gasteiger partial charge on any atom is 0.298 e. The summed E-state index contributed by atoms with van der Waals surface area (Å²) in [6.45, 7) is 1.62. The minimum absolute atomic E-state index is 0.220. The van der Waals surface area contributed by atoms with Crippen molar-refractivity contribution < 1.29 is 14.5 Å². The Labute approximate surface area is 79.7 Å². The number of aldehydes is 1. The van der Waals surface area contributed by atoms with Gasteiger partial charge in [0.2, 0.25) is 5.88 Å². The summed E-state index contributed by atoms with van der Waals surface area (Å²) < 4.78 is 4.83. The summed E-state index contributed by atoms with van der Waals surface area (Å²) in [6.07, 6.45) is 0.333. The Morgan fingerprint density at radius 2 is 2.29 bits per heavy atom. The number of aromatic nitrogens is 1. The summed E-state index contributed by atoms with van der Waals surface area (Å²) in [5.74, 6) is 0.220. The average molecular weight is 196 g/mol. The lowest BCUT2D eigenvalue weighted by Crippen LogP contribution is -2.01. The molecule has 0 saturated carbocycles. The van der Waals surface area contributed by atoms with Crippen LogP contribution in [-0.4, -0.2) is 23.3 Å². The maximum absolute atomic E-state index is 10.5. The van der Waals surface area contributed by atoms with Crippen molar-refractivity contribution >= 4 is 12.0 Å². The summed E-state index contributed by atoms with van der Waals surface area (Å²) in [7, 11) is 1.38. The summed E-state index contributed by atoms with van der Waals surface area (Å²) in [4.78, 5) is 24.0. The molecule has 6 heteroatoms. The molecule has 0 aliphatic heterocycles. The molecule has 6 nitrogen and oxygen atoms in total. The van der Waals surface area contributed by atoms with Crippen molar-refractivity contribution in [1.29, 1.82) is 0 Å². The third-order valence-corrected chi connectivity index (χ3v) is 1.68. The van der Waals surface area contributed by atoms with E-state index in [-0.39, 0.29) is 17.3 Å². The molecule has 0 N–H and O–H groups in total. The van der Waals surface area contributed by atoms with Crippen molar-refractivity contribution in [3.05, 3.63) is 27.4 Å². The number of pyridine rings is 1. The third-order valence-electron chi connectivity index (χ3n) is 1.68. The van der Waals surface area contributed by atoms with Crippen molar-refractivity contribution in [1.82, 2.24) is 4.98 Å². The molecule has 14 heavy (non-hydrogen) atoms. The number of rotatable bonds is 3. The van der Waals surface area contributed by atoms with Gasteiger partial charge in [0.25, 0.3) is 5.69 Å². The Balaban J connectivity index is 3.38. The zero-order valence-corrected chi connectivity index (χ0v) is 7.68. The minimum Gasteiger partial charge on any atom is -0.481 e. The van der Waals surface area contributed by atoms with Crippen LogP contribution in [-0.2, 0) is 0 Å². The topological polar surface area (TPSA) is 82.3 Å². The number of nitrogens with zero attached hydrogens (tertiary/aromatic N) is 2. The molecule has 0 aliphatic carbocycles. The van der Waals surface area contributed by atoms with Gasteiger partial charge in [0, 0.05) is 11.6 Å². The molecule has 0 spiro atoms. The van der Waals surface area contributed by atoms with Crippen molar-refractivity contribution in [2.75, 3.05) is 7.11 Å². The van der Waals surface area contributed by atoms with E-state index in [0.29, 0.717) is 11.8 Å².